The van der Waals surface area contributed by atoms with Gasteiger partial charge in [0.1, 0.15) is 5.82 Å². The molecule has 2 fully saturated rings. The summed E-state index contributed by atoms with van der Waals surface area (Å²) in [5.74, 6) is 0.608. The number of hydrogen-bond acceptors (Lipinski definition) is 3. The van der Waals surface area contributed by atoms with Crippen molar-refractivity contribution in [2.45, 2.75) is 31.3 Å². The van der Waals surface area contributed by atoms with E-state index < -0.39 is 0 Å². The number of rotatable bonds is 7. The van der Waals surface area contributed by atoms with Crippen LogP contribution in [0.2, 0.25) is 0 Å². The molecule has 5 nitrogen and oxygen atoms in total. The molecule has 0 bridgehead atoms. The molecule has 0 atom stereocenters. The predicted octanol–water partition coefficient (Wildman–Crippen LogP) is 3.67. The summed E-state index contributed by atoms with van der Waals surface area (Å²) in [6.07, 6.45) is 2.14. The van der Waals surface area contributed by atoms with Crippen LogP contribution >= 0.6 is 24.0 Å². The molecule has 2 aliphatic rings. The van der Waals surface area contributed by atoms with Crippen molar-refractivity contribution < 1.29 is 9.13 Å². The van der Waals surface area contributed by atoms with Crippen LogP contribution in [0.4, 0.5) is 4.39 Å². The van der Waals surface area contributed by atoms with Gasteiger partial charge in [-0.05, 0) is 41.7 Å². The van der Waals surface area contributed by atoms with E-state index in [-0.39, 0.29) is 35.2 Å². The van der Waals surface area contributed by atoms with E-state index in [0.717, 1.165) is 63.8 Å². The number of hydrogen-bond donors (Lipinski definition) is 2. The van der Waals surface area contributed by atoms with Crippen LogP contribution in [0.1, 0.15) is 29.5 Å². The minimum Gasteiger partial charge on any atom is -0.379 e. The molecule has 0 unspecified atom stereocenters. The van der Waals surface area contributed by atoms with Crippen molar-refractivity contribution >= 4 is 29.9 Å². The van der Waals surface area contributed by atoms with Crippen LogP contribution in [-0.2, 0) is 23.2 Å². The van der Waals surface area contributed by atoms with Gasteiger partial charge in [-0.15, -0.1) is 24.0 Å². The van der Waals surface area contributed by atoms with Gasteiger partial charge in [0.25, 0.3) is 0 Å². The lowest BCUT2D eigenvalue weighted by Gasteiger charge is -2.27. The van der Waals surface area contributed by atoms with Gasteiger partial charge < -0.3 is 15.4 Å². The Morgan fingerprint density at radius 3 is 2.48 bits per heavy atom. The molecule has 0 amide bonds. The lowest BCUT2D eigenvalue weighted by atomic mass is 9.96. The summed E-state index contributed by atoms with van der Waals surface area (Å²) < 4.78 is 19.1. The topological polar surface area (TPSA) is 48.9 Å². The maximum atomic E-state index is 13.6. The summed E-state index contributed by atoms with van der Waals surface area (Å²) in [5, 5.41) is 6.90. The van der Waals surface area contributed by atoms with Crippen LogP contribution in [0, 0.1) is 5.82 Å². The number of morpholine rings is 1. The van der Waals surface area contributed by atoms with E-state index in [4.69, 9.17) is 4.74 Å². The number of nitrogens with zero attached hydrogens (tertiary/aromatic N) is 2. The van der Waals surface area contributed by atoms with E-state index in [1.165, 1.54) is 17.2 Å². The molecule has 2 N–H and O–H groups in total. The van der Waals surface area contributed by atoms with Crippen LogP contribution in [0.5, 0.6) is 0 Å². The summed E-state index contributed by atoms with van der Waals surface area (Å²) in [6, 6.07) is 15.5. The first-order valence-electron chi connectivity index (χ1n) is 10.8. The molecule has 2 aromatic rings. The maximum absolute atomic E-state index is 13.6. The van der Waals surface area contributed by atoms with Crippen LogP contribution in [0.15, 0.2) is 53.5 Å². The number of ether oxygens (including phenoxy) is 1. The van der Waals surface area contributed by atoms with Crippen molar-refractivity contribution in [3.8, 4) is 0 Å². The van der Waals surface area contributed by atoms with Crippen molar-refractivity contribution in [1.29, 1.82) is 0 Å². The van der Waals surface area contributed by atoms with Crippen molar-refractivity contribution in [2.24, 2.45) is 4.99 Å². The van der Waals surface area contributed by atoms with Crippen molar-refractivity contribution in [3.63, 3.8) is 0 Å². The lowest BCUT2D eigenvalue weighted by Crippen LogP contribution is -2.41. The lowest BCUT2D eigenvalue weighted by molar-refractivity contribution is 0.0341. The van der Waals surface area contributed by atoms with Gasteiger partial charge in [-0.3, -0.25) is 9.89 Å². The minimum absolute atomic E-state index is 0. The third-order valence-corrected chi connectivity index (χ3v) is 6.17. The maximum Gasteiger partial charge on any atom is 0.191 e. The molecule has 1 heterocycles. The van der Waals surface area contributed by atoms with Gasteiger partial charge in [0.05, 0.1) is 13.2 Å². The largest absolute Gasteiger partial charge is 0.379 e. The van der Waals surface area contributed by atoms with Crippen molar-refractivity contribution in [3.05, 3.63) is 71.0 Å². The number of guanidine groups is 1. The Labute approximate surface area is 201 Å². The number of halogens is 2. The second-order valence-electron chi connectivity index (χ2n) is 8.23. The first-order chi connectivity index (χ1) is 14.7. The normalized spacial score (nSPS) is 18.2. The van der Waals surface area contributed by atoms with Gasteiger partial charge in [-0.1, -0.05) is 36.4 Å². The first kappa shape index (κ1) is 23.9. The number of aliphatic imine (C=N–C) groups is 1. The molecular weight excluding hydrogens is 506 g/mol. The zero-order valence-corrected chi connectivity index (χ0v) is 20.4. The Hall–Kier alpha value is -1.71. The molecule has 168 valence electrons. The molecule has 0 spiro atoms. The smallest absolute Gasteiger partial charge is 0.191 e. The van der Waals surface area contributed by atoms with Gasteiger partial charge in [-0.25, -0.2) is 4.39 Å². The molecule has 0 aromatic heterocycles. The number of benzene rings is 2. The van der Waals surface area contributed by atoms with Crippen LogP contribution < -0.4 is 10.6 Å². The zero-order chi connectivity index (χ0) is 20.8. The standard InChI is InChI=1S/C24H31FN4O.HI/c1-26-23(28-18-24(9-10-24)21-7-4-8-22(25)15-21)27-16-19-5-2-3-6-20(19)17-29-11-13-30-14-12-29;/h2-8,15H,9-14,16-18H2,1H3,(H2,26,27,28);1H. The molecule has 1 aliphatic heterocycles. The minimum atomic E-state index is -0.168. The predicted molar refractivity (Wildman–Crippen MR) is 133 cm³/mol. The molecule has 2 aromatic carbocycles. The fraction of sp³-hybridized carbons (Fsp3) is 0.458. The van der Waals surface area contributed by atoms with Crippen LogP contribution in [-0.4, -0.2) is 50.8 Å². The van der Waals surface area contributed by atoms with Gasteiger partial charge in [0.15, 0.2) is 5.96 Å². The zero-order valence-electron chi connectivity index (χ0n) is 18.1. The molecule has 7 heteroatoms. The van der Waals surface area contributed by atoms with E-state index in [2.05, 4.69) is 44.8 Å². The molecule has 0 radical (unpaired) electrons. The highest BCUT2D eigenvalue weighted by Crippen LogP contribution is 2.47. The average molecular weight is 538 g/mol. The van der Waals surface area contributed by atoms with Crippen LogP contribution in [0.25, 0.3) is 0 Å². The third kappa shape index (κ3) is 6.40. The monoisotopic (exact) mass is 538 g/mol. The van der Waals surface area contributed by atoms with Crippen molar-refractivity contribution in [1.82, 2.24) is 15.5 Å². The molecule has 1 saturated heterocycles. The van der Waals surface area contributed by atoms with Gasteiger partial charge in [0.2, 0.25) is 0 Å². The van der Waals surface area contributed by atoms with Gasteiger partial charge in [-0.2, -0.15) is 0 Å². The molecule has 4 rings (SSSR count). The highest BCUT2D eigenvalue weighted by atomic mass is 127. The Bertz CT molecular complexity index is 881. The molecule has 31 heavy (non-hydrogen) atoms. The van der Waals surface area contributed by atoms with E-state index in [0.29, 0.717) is 6.54 Å². The Balaban J connectivity index is 0.00000272. The summed E-state index contributed by atoms with van der Waals surface area (Å²) in [4.78, 5) is 6.82. The molecule has 1 aliphatic carbocycles. The van der Waals surface area contributed by atoms with Gasteiger partial charge >= 0.3 is 0 Å². The highest BCUT2D eigenvalue weighted by molar-refractivity contribution is 14.0. The third-order valence-electron chi connectivity index (χ3n) is 6.17. The molecular formula is C24H32FIN4O. The Kier molecular flexibility index (Phi) is 8.68. The fourth-order valence-corrected chi connectivity index (χ4v) is 4.07. The Morgan fingerprint density at radius 2 is 1.81 bits per heavy atom. The van der Waals surface area contributed by atoms with E-state index >= 15 is 0 Å². The second kappa shape index (κ2) is 11.2. The summed E-state index contributed by atoms with van der Waals surface area (Å²) in [5.41, 5.74) is 3.70. The summed E-state index contributed by atoms with van der Waals surface area (Å²) >= 11 is 0. The van der Waals surface area contributed by atoms with E-state index in [1.54, 1.807) is 19.2 Å². The fourth-order valence-electron chi connectivity index (χ4n) is 4.07. The first-order valence-corrected chi connectivity index (χ1v) is 10.8. The van der Waals surface area contributed by atoms with Gasteiger partial charge in [0, 0.05) is 45.2 Å². The second-order valence-corrected chi connectivity index (χ2v) is 8.23. The highest BCUT2D eigenvalue weighted by Gasteiger charge is 2.44. The molecule has 1 saturated carbocycles. The quantitative estimate of drug-likeness (QED) is 0.321. The van der Waals surface area contributed by atoms with E-state index in [9.17, 15) is 4.39 Å². The number of nitrogens with one attached hydrogen (secondary N) is 2. The average Bonchev–Trinajstić information content (AvgIpc) is 3.57. The van der Waals surface area contributed by atoms with Crippen molar-refractivity contribution in [2.75, 3.05) is 39.9 Å². The summed E-state index contributed by atoms with van der Waals surface area (Å²) in [6.45, 7) is 5.99. The van der Waals surface area contributed by atoms with E-state index in [1.807, 2.05) is 6.07 Å². The summed E-state index contributed by atoms with van der Waals surface area (Å²) in [7, 11) is 1.79. The Morgan fingerprint density at radius 1 is 1.06 bits per heavy atom. The van der Waals surface area contributed by atoms with Crippen LogP contribution in [0.3, 0.4) is 0 Å². The SMILES string of the molecule is CN=C(NCc1ccccc1CN1CCOCC1)NCC1(c2cccc(F)c2)CC1.I.